The first kappa shape index (κ1) is 21.4. The molecular weight excluding hydrogens is 380 g/mol. The highest BCUT2D eigenvalue weighted by atomic mass is 32.2. The standard InChI is InChI=1S/C20H24N2O5S/c1-14(16-8-10-19(27-3)11-9-16)21-20(24)13-22(28(4,25)26)18-7-5-6-17(12-18)15(2)23/h5-12,14H,13H2,1-4H3,(H,21,24)/t14-/m0/s1. The molecule has 0 aliphatic rings. The number of methoxy groups -OCH3 is 1. The van der Waals surface area contributed by atoms with Crippen LogP contribution in [0.1, 0.15) is 35.8 Å². The van der Waals surface area contributed by atoms with Crippen LogP contribution in [0.15, 0.2) is 48.5 Å². The molecule has 0 unspecified atom stereocenters. The van der Waals surface area contributed by atoms with Crippen LogP contribution in [0.5, 0.6) is 5.75 Å². The van der Waals surface area contributed by atoms with E-state index in [4.69, 9.17) is 4.74 Å². The SMILES string of the molecule is COc1ccc([C@H](C)NC(=O)CN(c2cccc(C(C)=O)c2)S(C)(=O)=O)cc1. The molecule has 7 nitrogen and oxygen atoms in total. The minimum Gasteiger partial charge on any atom is -0.497 e. The second-order valence-corrected chi connectivity index (χ2v) is 8.35. The van der Waals surface area contributed by atoms with Gasteiger partial charge in [-0.3, -0.25) is 13.9 Å². The Morgan fingerprint density at radius 2 is 1.79 bits per heavy atom. The third-order valence-corrected chi connectivity index (χ3v) is 5.36. The molecule has 0 aliphatic carbocycles. The maximum absolute atomic E-state index is 12.5. The predicted octanol–water partition coefficient (Wildman–Crippen LogP) is 2.54. The summed E-state index contributed by atoms with van der Waals surface area (Å²) in [5.41, 5.74) is 1.50. The van der Waals surface area contributed by atoms with E-state index in [1.165, 1.54) is 13.0 Å². The van der Waals surface area contributed by atoms with Gasteiger partial charge in [0.05, 0.1) is 25.1 Å². The Labute approximate surface area is 165 Å². The fourth-order valence-electron chi connectivity index (χ4n) is 2.67. The maximum Gasteiger partial charge on any atom is 0.241 e. The first-order valence-corrected chi connectivity index (χ1v) is 10.5. The molecule has 2 rings (SSSR count). The minimum atomic E-state index is -3.72. The molecule has 0 fully saturated rings. The van der Waals surface area contributed by atoms with Gasteiger partial charge in [0.15, 0.2) is 5.78 Å². The van der Waals surface area contributed by atoms with Crippen molar-refractivity contribution in [1.82, 2.24) is 5.32 Å². The van der Waals surface area contributed by atoms with E-state index >= 15 is 0 Å². The van der Waals surface area contributed by atoms with Crippen molar-refractivity contribution < 1.29 is 22.7 Å². The van der Waals surface area contributed by atoms with Crippen molar-refractivity contribution in [2.24, 2.45) is 0 Å². The molecular formula is C20H24N2O5S. The Balaban J connectivity index is 2.17. The number of ketones is 1. The van der Waals surface area contributed by atoms with E-state index in [9.17, 15) is 18.0 Å². The molecule has 0 heterocycles. The summed E-state index contributed by atoms with van der Waals surface area (Å²) < 4.78 is 30.5. The number of nitrogens with one attached hydrogen (secondary N) is 1. The van der Waals surface area contributed by atoms with Gasteiger partial charge in [-0.05, 0) is 43.7 Å². The lowest BCUT2D eigenvalue weighted by atomic mass is 10.1. The van der Waals surface area contributed by atoms with E-state index in [1.807, 2.05) is 12.1 Å². The summed E-state index contributed by atoms with van der Waals surface area (Å²) in [6, 6.07) is 13.1. The Hall–Kier alpha value is -2.87. The van der Waals surface area contributed by atoms with E-state index in [2.05, 4.69) is 5.32 Å². The fourth-order valence-corrected chi connectivity index (χ4v) is 3.52. The molecule has 0 aromatic heterocycles. The van der Waals surface area contributed by atoms with Crippen LogP contribution >= 0.6 is 0 Å². The van der Waals surface area contributed by atoms with E-state index < -0.39 is 15.9 Å². The van der Waals surface area contributed by atoms with Crippen LogP contribution in [0.3, 0.4) is 0 Å². The van der Waals surface area contributed by atoms with Gasteiger partial charge in [-0.15, -0.1) is 0 Å². The van der Waals surface area contributed by atoms with Crippen LogP contribution in [-0.2, 0) is 14.8 Å². The van der Waals surface area contributed by atoms with Crippen molar-refractivity contribution in [2.45, 2.75) is 19.9 Å². The molecule has 1 amide bonds. The van der Waals surface area contributed by atoms with Crippen LogP contribution in [-0.4, -0.2) is 40.0 Å². The van der Waals surface area contributed by atoms with Gasteiger partial charge in [0.2, 0.25) is 15.9 Å². The summed E-state index contributed by atoms with van der Waals surface area (Å²) in [6.07, 6.45) is 1.02. The number of carbonyl (C=O) groups is 2. The number of carbonyl (C=O) groups excluding carboxylic acids is 2. The first-order valence-electron chi connectivity index (χ1n) is 8.64. The van der Waals surface area contributed by atoms with E-state index in [0.29, 0.717) is 11.3 Å². The molecule has 1 N–H and O–H groups in total. The zero-order valence-electron chi connectivity index (χ0n) is 16.3. The third kappa shape index (κ3) is 5.56. The summed E-state index contributed by atoms with van der Waals surface area (Å²) in [5.74, 6) is 0.0609. The monoisotopic (exact) mass is 404 g/mol. The average Bonchev–Trinajstić information content (AvgIpc) is 2.65. The molecule has 1 atom stereocenters. The number of rotatable bonds is 8. The molecule has 0 saturated heterocycles. The van der Waals surface area contributed by atoms with Gasteiger partial charge in [0.25, 0.3) is 0 Å². The van der Waals surface area contributed by atoms with Crippen molar-refractivity contribution in [1.29, 1.82) is 0 Å². The van der Waals surface area contributed by atoms with Crippen LogP contribution in [0.2, 0.25) is 0 Å². The Morgan fingerprint density at radius 1 is 1.14 bits per heavy atom. The molecule has 28 heavy (non-hydrogen) atoms. The Morgan fingerprint density at radius 3 is 2.32 bits per heavy atom. The zero-order valence-corrected chi connectivity index (χ0v) is 17.1. The third-order valence-electron chi connectivity index (χ3n) is 4.22. The highest BCUT2D eigenvalue weighted by molar-refractivity contribution is 7.92. The summed E-state index contributed by atoms with van der Waals surface area (Å²) in [5, 5.41) is 2.79. The van der Waals surface area contributed by atoms with Gasteiger partial charge in [-0.1, -0.05) is 24.3 Å². The largest absolute Gasteiger partial charge is 0.497 e. The molecule has 8 heteroatoms. The average molecular weight is 404 g/mol. The van der Waals surface area contributed by atoms with Gasteiger partial charge in [0.1, 0.15) is 12.3 Å². The number of hydrogen-bond donors (Lipinski definition) is 1. The molecule has 0 saturated carbocycles. The van der Waals surface area contributed by atoms with Gasteiger partial charge >= 0.3 is 0 Å². The molecule has 2 aromatic carbocycles. The van der Waals surface area contributed by atoms with E-state index in [-0.39, 0.29) is 24.1 Å². The predicted molar refractivity (Wildman–Crippen MR) is 108 cm³/mol. The van der Waals surface area contributed by atoms with Crippen molar-refractivity contribution >= 4 is 27.4 Å². The van der Waals surface area contributed by atoms with Gasteiger partial charge < -0.3 is 10.1 Å². The Bertz CT molecular complexity index is 955. The number of hydrogen-bond acceptors (Lipinski definition) is 5. The lowest BCUT2D eigenvalue weighted by molar-refractivity contribution is -0.120. The second kappa shape index (κ2) is 8.88. The zero-order chi connectivity index (χ0) is 20.9. The number of ether oxygens (including phenoxy) is 1. The second-order valence-electron chi connectivity index (χ2n) is 6.44. The van der Waals surface area contributed by atoms with Crippen molar-refractivity contribution in [3.05, 3.63) is 59.7 Å². The smallest absolute Gasteiger partial charge is 0.241 e. The normalized spacial score (nSPS) is 12.1. The highest BCUT2D eigenvalue weighted by Crippen LogP contribution is 2.20. The lowest BCUT2D eigenvalue weighted by Gasteiger charge is -2.23. The summed E-state index contributed by atoms with van der Waals surface area (Å²) >= 11 is 0. The van der Waals surface area contributed by atoms with Gasteiger partial charge in [0, 0.05) is 5.56 Å². The minimum absolute atomic E-state index is 0.187. The molecule has 0 bridgehead atoms. The van der Waals surface area contributed by atoms with Crippen molar-refractivity contribution in [2.75, 3.05) is 24.2 Å². The molecule has 0 radical (unpaired) electrons. The summed E-state index contributed by atoms with van der Waals surface area (Å²) in [6.45, 7) is 2.81. The molecule has 0 aliphatic heterocycles. The van der Waals surface area contributed by atoms with Crippen molar-refractivity contribution in [3.8, 4) is 5.75 Å². The van der Waals surface area contributed by atoms with Crippen LogP contribution in [0, 0.1) is 0 Å². The fraction of sp³-hybridized carbons (Fsp3) is 0.300. The maximum atomic E-state index is 12.5. The Kier molecular flexibility index (Phi) is 6.80. The number of anilines is 1. The number of nitrogens with zero attached hydrogens (tertiary/aromatic N) is 1. The van der Waals surface area contributed by atoms with Gasteiger partial charge in [-0.2, -0.15) is 0 Å². The lowest BCUT2D eigenvalue weighted by Crippen LogP contribution is -2.41. The number of sulfonamides is 1. The number of Topliss-reactive ketones (excluding diaryl/α,β-unsaturated/α-hetero) is 1. The first-order chi connectivity index (χ1) is 13.1. The van der Waals surface area contributed by atoms with Crippen LogP contribution in [0.25, 0.3) is 0 Å². The summed E-state index contributed by atoms with van der Waals surface area (Å²) in [7, 11) is -2.15. The summed E-state index contributed by atoms with van der Waals surface area (Å²) in [4.78, 5) is 24.1. The highest BCUT2D eigenvalue weighted by Gasteiger charge is 2.22. The van der Waals surface area contributed by atoms with Gasteiger partial charge in [-0.25, -0.2) is 8.42 Å². The topological polar surface area (TPSA) is 92.8 Å². The molecule has 150 valence electrons. The van der Waals surface area contributed by atoms with E-state index in [1.54, 1.807) is 44.4 Å². The molecule has 0 spiro atoms. The molecule has 2 aromatic rings. The van der Waals surface area contributed by atoms with E-state index in [0.717, 1.165) is 16.1 Å². The number of amides is 1. The van der Waals surface area contributed by atoms with Crippen LogP contribution < -0.4 is 14.4 Å². The number of benzene rings is 2. The van der Waals surface area contributed by atoms with Crippen molar-refractivity contribution in [3.63, 3.8) is 0 Å². The van der Waals surface area contributed by atoms with Crippen LogP contribution in [0.4, 0.5) is 5.69 Å². The quantitative estimate of drug-likeness (QED) is 0.683.